The van der Waals surface area contributed by atoms with Gasteiger partial charge in [0.15, 0.2) is 0 Å². The molecule has 18 heavy (non-hydrogen) atoms. The summed E-state index contributed by atoms with van der Waals surface area (Å²) in [4.78, 5) is 7.19. The number of hydrogen-bond donors (Lipinski definition) is 0. The Morgan fingerprint density at radius 2 is 1.78 bits per heavy atom. The van der Waals surface area contributed by atoms with Gasteiger partial charge in [-0.1, -0.05) is 28.1 Å². The third-order valence-corrected chi connectivity index (χ3v) is 3.68. The Morgan fingerprint density at radius 1 is 1.22 bits per heavy atom. The maximum Gasteiger partial charge on any atom is 0.282 e. The molecule has 1 aromatic carbocycles. The van der Waals surface area contributed by atoms with Crippen LogP contribution in [0.3, 0.4) is 0 Å². The summed E-state index contributed by atoms with van der Waals surface area (Å²) in [5.41, 5.74) is 1.32. The topological polar surface area (TPSA) is 23.2 Å². The minimum atomic E-state index is 0.442. The van der Waals surface area contributed by atoms with Crippen LogP contribution in [0, 0.1) is 6.57 Å². The van der Waals surface area contributed by atoms with Gasteiger partial charge in [-0.05, 0) is 17.7 Å². The fraction of sp³-hybridized carbons (Fsp3) is 0.385. The SMILES string of the molecule is [C-]#[N+]N=C1N(C)CC(c2ccc(Br)cc2)CN1C. The van der Waals surface area contributed by atoms with Crippen molar-refractivity contribution in [3.05, 3.63) is 45.8 Å². The molecular weight excluding hydrogens is 292 g/mol. The molecule has 5 heteroatoms. The molecule has 0 aromatic heterocycles. The number of benzene rings is 1. The van der Waals surface area contributed by atoms with Gasteiger partial charge >= 0.3 is 0 Å². The molecule has 0 radical (unpaired) electrons. The normalized spacial score (nSPS) is 19.7. The minimum Gasteiger partial charge on any atom is -0.339 e. The zero-order chi connectivity index (χ0) is 13.1. The number of hydrogen-bond acceptors (Lipinski definition) is 1. The molecule has 1 fully saturated rings. The molecule has 0 bridgehead atoms. The van der Waals surface area contributed by atoms with Crippen LogP contribution in [0.4, 0.5) is 0 Å². The van der Waals surface area contributed by atoms with Crippen LogP contribution >= 0.6 is 15.9 Å². The van der Waals surface area contributed by atoms with Gasteiger partial charge in [-0.25, -0.2) is 0 Å². The van der Waals surface area contributed by atoms with Gasteiger partial charge in [-0.15, -0.1) is 4.95 Å². The van der Waals surface area contributed by atoms with Crippen molar-refractivity contribution in [1.82, 2.24) is 9.80 Å². The van der Waals surface area contributed by atoms with E-state index in [1.54, 1.807) is 0 Å². The molecule has 0 saturated carbocycles. The zero-order valence-electron chi connectivity index (χ0n) is 10.5. The van der Waals surface area contributed by atoms with Gasteiger partial charge in [0.25, 0.3) is 5.96 Å². The van der Waals surface area contributed by atoms with E-state index in [-0.39, 0.29) is 0 Å². The van der Waals surface area contributed by atoms with E-state index in [0.29, 0.717) is 5.92 Å². The lowest BCUT2D eigenvalue weighted by Crippen LogP contribution is -2.49. The van der Waals surface area contributed by atoms with Crippen molar-refractivity contribution in [2.45, 2.75) is 5.92 Å². The monoisotopic (exact) mass is 306 g/mol. The first-order valence-corrected chi connectivity index (χ1v) is 6.53. The number of halogens is 1. The van der Waals surface area contributed by atoms with Gasteiger partial charge < -0.3 is 9.80 Å². The standard InChI is InChI=1S/C13H15BrN4/c1-15-16-13-17(2)8-11(9-18(13)3)10-4-6-12(14)7-5-10/h4-7,11H,8-9H2,2-3H3. The molecule has 4 nitrogen and oxygen atoms in total. The molecule has 0 N–H and O–H groups in total. The van der Waals surface area contributed by atoms with E-state index in [9.17, 15) is 0 Å². The van der Waals surface area contributed by atoms with Crippen LogP contribution in [0.15, 0.2) is 33.8 Å². The maximum absolute atomic E-state index is 6.84. The summed E-state index contributed by atoms with van der Waals surface area (Å²) in [6.45, 7) is 8.61. The predicted octanol–water partition coefficient (Wildman–Crippen LogP) is 2.60. The fourth-order valence-electron chi connectivity index (χ4n) is 2.32. The Bertz CT molecular complexity index is 475. The van der Waals surface area contributed by atoms with Crippen LogP contribution in [0.5, 0.6) is 0 Å². The van der Waals surface area contributed by atoms with Crippen LogP contribution in [0.25, 0.3) is 4.95 Å². The second-order valence-electron chi connectivity index (χ2n) is 4.51. The molecule has 0 amide bonds. The van der Waals surface area contributed by atoms with Crippen LogP contribution in [-0.4, -0.2) is 42.9 Å². The van der Waals surface area contributed by atoms with Gasteiger partial charge in [0.2, 0.25) is 0 Å². The van der Waals surface area contributed by atoms with Crippen molar-refractivity contribution < 1.29 is 0 Å². The van der Waals surface area contributed by atoms with Crippen molar-refractivity contribution in [3.63, 3.8) is 0 Å². The second-order valence-corrected chi connectivity index (χ2v) is 5.43. The van der Waals surface area contributed by atoms with Crippen molar-refractivity contribution in [2.75, 3.05) is 27.2 Å². The first-order chi connectivity index (χ1) is 8.61. The highest BCUT2D eigenvalue weighted by Crippen LogP contribution is 2.24. The summed E-state index contributed by atoms with van der Waals surface area (Å²) in [6, 6.07) is 8.43. The maximum atomic E-state index is 6.84. The molecule has 0 unspecified atom stereocenters. The average molecular weight is 307 g/mol. The largest absolute Gasteiger partial charge is 0.339 e. The summed E-state index contributed by atoms with van der Waals surface area (Å²) < 4.78 is 1.10. The smallest absolute Gasteiger partial charge is 0.282 e. The first kappa shape index (κ1) is 12.9. The highest BCUT2D eigenvalue weighted by atomic mass is 79.9. The Morgan fingerprint density at radius 3 is 2.28 bits per heavy atom. The lowest BCUT2D eigenvalue weighted by atomic mass is 9.96. The van der Waals surface area contributed by atoms with Crippen molar-refractivity contribution >= 4 is 21.9 Å². The van der Waals surface area contributed by atoms with Crippen LogP contribution in [0.2, 0.25) is 0 Å². The molecule has 94 valence electrons. The van der Waals surface area contributed by atoms with E-state index in [0.717, 1.165) is 23.5 Å². The van der Waals surface area contributed by atoms with Crippen LogP contribution in [0.1, 0.15) is 11.5 Å². The lowest BCUT2D eigenvalue weighted by Gasteiger charge is -2.37. The third-order valence-electron chi connectivity index (χ3n) is 3.15. The summed E-state index contributed by atoms with van der Waals surface area (Å²) in [6.07, 6.45) is 0. The molecule has 0 atom stereocenters. The summed E-state index contributed by atoms with van der Waals surface area (Å²) in [5, 5.41) is 3.84. The number of rotatable bonds is 1. The summed E-state index contributed by atoms with van der Waals surface area (Å²) >= 11 is 3.45. The Balaban J connectivity index is 2.18. The number of likely N-dealkylation sites (N-methyl/N-ethyl adjacent to an activating group) is 2. The summed E-state index contributed by atoms with van der Waals surface area (Å²) in [5.74, 6) is 1.19. The second kappa shape index (κ2) is 5.40. The van der Waals surface area contributed by atoms with E-state index >= 15 is 0 Å². The average Bonchev–Trinajstić information content (AvgIpc) is 2.34. The van der Waals surface area contributed by atoms with Gasteiger partial charge in [-0.3, -0.25) is 0 Å². The molecule has 1 heterocycles. The van der Waals surface area contributed by atoms with Gasteiger partial charge in [0.1, 0.15) is 5.10 Å². The third kappa shape index (κ3) is 2.65. The Kier molecular flexibility index (Phi) is 3.87. The molecule has 1 aliphatic heterocycles. The minimum absolute atomic E-state index is 0.442. The Hall–Kier alpha value is -1.54. The van der Waals surface area contributed by atoms with E-state index < -0.39 is 0 Å². The summed E-state index contributed by atoms with van der Waals surface area (Å²) in [7, 11) is 3.96. The van der Waals surface area contributed by atoms with Gasteiger partial charge in [0, 0.05) is 37.6 Å². The number of nitrogens with zero attached hydrogens (tertiary/aromatic N) is 4. The molecule has 0 aliphatic carbocycles. The quantitative estimate of drug-likeness (QED) is 0.588. The highest BCUT2D eigenvalue weighted by molar-refractivity contribution is 9.10. The fourth-order valence-corrected chi connectivity index (χ4v) is 2.58. The lowest BCUT2D eigenvalue weighted by molar-refractivity contribution is 0.287. The molecule has 0 spiro atoms. The molecule has 2 rings (SSSR count). The molecule has 1 saturated heterocycles. The predicted molar refractivity (Wildman–Crippen MR) is 76.2 cm³/mol. The van der Waals surface area contributed by atoms with Crippen LogP contribution < -0.4 is 0 Å². The van der Waals surface area contributed by atoms with E-state index in [1.165, 1.54) is 5.56 Å². The van der Waals surface area contributed by atoms with Crippen molar-refractivity contribution in [1.29, 1.82) is 0 Å². The van der Waals surface area contributed by atoms with Gasteiger partial charge in [0.05, 0.1) is 0 Å². The molecule has 1 aromatic rings. The zero-order valence-corrected chi connectivity index (χ0v) is 12.1. The van der Waals surface area contributed by atoms with Crippen LogP contribution in [-0.2, 0) is 0 Å². The molecule has 1 aliphatic rings. The van der Waals surface area contributed by atoms with Crippen molar-refractivity contribution in [2.24, 2.45) is 5.10 Å². The van der Waals surface area contributed by atoms with E-state index in [1.807, 2.05) is 23.9 Å². The molecular formula is C13H15BrN4. The highest BCUT2D eigenvalue weighted by Gasteiger charge is 2.28. The Labute approximate surface area is 116 Å². The number of guanidine groups is 1. The van der Waals surface area contributed by atoms with E-state index in [4.69, 9.17) is 6.57 Å². The van der Waals surface area contributed by atoms with Gasteiger partial charge in [-0.2, -0.15) is 6.57 Å². The first-order valence-electron chi connectivity index (χ1n) is 5.74. The van der Waals surface area contributed by atoms with E-state index in [2.05, 4.69) is 50.3 Å². The van der Waals surface area contributed by atoms with Crippen molar-refractivity contribution in [3.8, 4) is 0 Å².